The number of aliphatic hydroxyl groups is 1. The molecular formula is C16H20F2O6. The summed E-state index contributed by atoms with van der Waals surface area (Å²) in [5.41, 5.74) is 0.462. The van der Waals surface area contributed by atoms with Gasteiger partial charge in [0, 0.05) is 6.42 Å². The van der Waals surface area contributed by atoms with Crippen LogP contribution < -0.4 is 4.74 Å². The Labute approximate surface area is 138 Å². The maximum absolute atomic E-state index is 12.9. The van der Waals surface area contributed by atoms with Crippen LogP contribution in [0.25, 0.3) is 0 Å². The molecule has 0 spiro atoms. The first kappa shape index (κ1) is 19.8. The van der Waals surface area contributed by atoms with Gasteiger partial charge in [-0.25, -0.2) is 18.4 Å². The van der Waals surface area contributed by atoms with Crippen LogP contribution in [0.3, 0.4) is 0 Å². The van der Waals surface area contributed by atoms with E-state index >= 15 is 0 Å². The van der Waals surface area contributed by atoms with Gasteiger partial charge in [-0.3, -0.25) is 0 Å². The summed E-state index contributed by atoms with van der Waals surface area (Å²) in [7, 11) is 2.36. The molecule has 0 radical (unpaired) electrons. The molecule has 0 atom stereocenters. The second-order valence-corrected chi connectivity index (χ2v) is 5.11. The van der Waals surface area contributed by atoms with Crippen LogP contribution in [0.4, 0.5) is 8.78 Å². The number of rotatable bonds is 8. The third-order valence-corrected chi connectivity index (χ3v) is 3.29. The highest BCUT2D eigenvalue weighted by molar-refractivity contribution is 6.04. The molecule has 8 heteroatoms. The van der Waals surface area contributed by atoms with Crippen LogP contribution in [0, 0.1) is 6.92 Å². The predicted molar refractivity (Wildman–Crippen MR) is 80.6 cm³/mol. The van der Waals surface area contributed by atoms with Crippen molar-refractivity contribution in [1.82, 2.24) is 0 Å². The summed E-state index contributed by atoms with van der Waals surface area (Å²) in [4.78, 5) is 23.7. The number of esters is 2. The Bertz CT molecular complexity index is 600. The monoisotopic (exact) mass is 346 g/mol. The van der Waals surface area contributed by atoms with Crippen LogP contribution >= 0.6 is 0 Å². The molecule has 0 saturated heterocycles. The zero-order valence-electron chi connectivity index (χ0n) is 13.7. The molecular weight excluding hydrogens is 326 g/mol. The van der Waals surface area contributed by atoms with Gasteiger partial charge in [-0.2, -0.15) is 0 Å². The zero-order chi connectivity index (χ0) is 18.3. The Morgan fingerprint density at radius 2 is 1.79 bits per heavy atom. The highest BCUT2D eigenvalue weighted by Crippen LogP contribution is 2.25. The van der Waals surface area contributed by atoms with Gasteiger partial charge in [-0.05, 0) is 31.0 Å². The molecule has 1 aromatic rings. The van der Waals surface area contributed by atoms with Gasteiger partial charge in [0.2, 0.25) is 0 Å². The van der Waals surface area contributed by atoms with E-state index in [1.807, 2.05) is 0 Å². The molecule has 1 rings (SSSR count). The lowest BCUT2D eigenvalue weighted by Crippen LogP contribution is -2.22. The number of halogens is 2. The van der Waals surface area contributed by atoms with Crippen molar-refractivity contribution in [2.75, 3.05) is 27.4 Å². The minimum atomic E-state index is -3.15. The summed E-state index contributed by atoms with van der Waals surface area (Å²) < 4.78 is 40.5. The number of aryl methyl sites for hydroxylation is 1. The first-order valence-corrected chi connectivity index (χ1v) is 7.18. The van der Waals surface area contributed by atoms with Crippen molar-refractivity contribution in [2.45, 2.75) is 25.7 Å². The van der Waals surface area contributed by atoms with Crippen LogP contribution in [-0.2, 0) is 9.47 Å². The van der Waals surface area contributed by atoms with Gasteiger partial charge in [0.05, 0.1) is 32.0 Å². The third-order valence-electron chi connectivity index (χ3n) is 3.29. The van der Waals surface area contributed by atoms with Gasteiger partial charge < -0.3 is 19.3 Å². The van der Waals surface area contributed by atoms with E-state index in [4.69, 9.17) is 9.84 Å². The van der Waals surface area contributed by atoms with E-state index in [1.54, 1.807) is 6.92 Å². The number of ether oxygens (including phenoxy) is 3. The largest absolute Gasteiger partial charge is 0.494 e. The van der Waals surface area contributed by atoms with Crippen molar-refractivity contribution in [2.24, 2.45) is 0 Å². The average molecular weight is 346 g/mol. The first-order chi connectivity index (χ1) is 11.3. The number of hydrogen-bond donors (Lipinski definition) is 1. The van der Waals surface area contributed by atoms with Gasteiger partial charge in [-0.15, -0.1) is 0 Å². The number of carbonyl (C=O) groups excluding carboxylic acids is 2. The normalized spacial score (nSPS) is 11.1. The van der Waals surface area contributed by atoms with Crippen molar-refractivity contribution in [1.29, 1.82) is 0 Å². The van der Waals surface area contributed by atoms with Gasteiger partial charge in [-0.1, -0.05) is 0 Å². The fraction of sp³-hybridized carbons (Fsp3) is 0.500. The summed E-state index contributed by atoms with van der Waals surface area (Å²) in [5.74, 6) is -4.34. The minimum absolute atomic E-state index is 0.0128. The van der Waals surface area contributed by atoms with Gasteiger partial charge >= 0.3 is 11.9 Å². The summed E-state index contributed by atoms with van der Waals surface area (Å²) in [6.45, 7) is 0.338. The summed E-state index contributed by atoms with van der Waals surface area (Å²) >= 11 is 0. The molecule has 0 fully saturated rings. The maximum Gasteiger partial charge on any atom is 0.339 e. The average Bonchev–Trinajstić information content (AvgIpc) is 2.56. The Kier molecular flexibility index (Phi) is 7.09. The zero-order valence-corrected chi connectivity index (χ0v) is 13.7. The molecule has 6 nitrogen and oxygen atoms in total. The minimum Gasteiger partial charge on any atom is -0.494 e. The number of carbonyl (C=O) groups is 2. The molecule has 1 N–H and O–H groups in total. The topological polar surface area (TPSA) is 82.1 Å². The summed E-state index contributed by atoms with van der Waals surface area (Å²) in [6, 6.07) is 2.80. The Morgan fingerprint density at radius 3 is 2.33 bits per heavy atom. The van der Waals surface area contributed by atoms with Gasteiger partial charge in [0.15, 0.2) is 0 Å². The van der Waals surface area contributed by atoms with Crippen molar-refractivity contribution >= 4 is 11.9 Å². The molecule has 0 aliphatic carbocycles. The lowest BCUT2D eigenvalue weighted by Gasteiger charge is -2.15. The van der Waals surface area contributed by atoms with Crippen molar-refractivity contribution in [3.8, 4) is 5.75 Å². The maximum atomic E-state index is 12.9. The second kappa shape index (κ2) is 8.58. The molecule has 0 aromatic heterocycles. The summed E-state index contributed by atoms with van der Waals surface area (Å²) in [6.07, 6.45) is -0.508. The number of hydrogen-bond acceptors (Lipinski definition) is 6. The Hall–Kier alpha value is -2.22. The van der Waals surface area contributed by atoms with Crippen molar-refractivity contribution in [3.05, 3.63) is 28.8 Å². The molecule has 1 aromatic carbocycles. The number of benzene rings is 1. The molecule has 0 heterocycles. The smallest absolute Gasteiger partial charge is 0.339 e. The van der Waals surface area contributed by atoms with E-state index in [1.165, 1.54) is 26.4 Å². The number of methoxy groups -OCH3 is 2. The summed E-state index contributed by atoms with van der Waals surface area (Å²) in [5, 5.41) is 8.49. The predicted octanol–water partition coefficient (Wildman–Crippen LogP) is 2.35. The first-order valence-electron chi connectivity index (χ1n) is 7.18. The molecule has 0 amide bonds. The molecule has 0 aliphatic rings. The van der Waals surface area contributed by atoms with E-state index < -0.39 is 30.9 Å². The van der Waals surface area contributed by atoms with Crippen LogP contribution in [0.1, 0.15) is 39.1 Å². The van der Waals surface area contributed by atoms with Crippen LogP contribution in [0.15, 0.2) is 12.1 Å². The molecule has 0 aliphatic heterocycles. The van der Waals surface area contributed by atoms with Gasteiger partial charge in [0.1, 0.15) is 12.4 Å². The standard InChI is InChI=1S/C16H20F2O6/c1-10-7-11(24-6-4-5-16(17,18)9-19)8-12(14(20)22-2)13(10)15(21)23-3/h7-8,19H,4-6,9H2,1-3H3. The molecule has 24 heavy (non-hydrogen) atoms. The highest BCUT2D eigenvalue weighted by Gasteiger charge is 2.27. The van der Waals surface area contributed by atoms with Crippen LogP contribution in [0.5, 0.6) is 5.75 Å². The third kappa shape index (κ3) is 5.16. The van der Waals surface area contributed by atoms with Crippen LogP contribution in [-0.4, -0.2) is 50.4 Å². The lowest BCUT2D eigenvalue weighted by molar-refractivity contribution is -0.0592. The molecule has 0 bridgehead atoms. The van der Waals surface area contributed by atoms with E-state index in [2.05, 4.69) is 9.47 Å². The number of aliphatic hydroxyl groups excluding tert-OH is 1. The number of alkyl halides is 2. The molecule has 0 unspecified atom stereocenters. The molecule has 0 saturated carbocycles. The van der Waals surface area contributed by atoms with Crippen molar-refractivity contribution in [3.63, 3.8) is 0 Å². The fourth-order valence-corrected chi connectivity index (χ4v) is 2.08. The van der Waals surface area contributed by atoms with E-state index in [0.717, 1.165) is 0 Å². The molecule has 134 valence electrons. The van der Waals surface area contributed by atoms with Crippen molar-refractivity contribution < 1.29 is 37.7 Å². The Morgan fingerprint density at radius 1 is 1.17 bits per heavy atom. The van der Waals surface area contributed by atoms with Crippen LogP contribution in [0.2, 0.25) is 0 Å². The quantitative estimate of drug-likeness (QED) is 0.575. The lowest BCUT2D eigenvalue weighted by atomic mass is 10.0. The van der Waals surface area contributed by atoms with E-state index in [0.29, 0.717) is 5.56 Å². The SMILES string of the molecule is COC(=O)c1cc(OCCCC(F)(F)CO)cc(C)c1C(=O)OC. The fourth-order valence-electron chi connectivity index (χ4n) is 2.08. The van der Waals surface area contributed by atoms with E-state index in [-0.39, 0.29) is 29.9 Å². The highest BCUT2D eigenvalue weighted by atomic mass is 19.3. The Balaban J connectivity index is 2.92. The second-order valence-electron chi connectivity index (χ2n) is 5.11. The van der Waals surface area contributed by atoms with Gasteiger partial charge in [0.25, 0.3) is 5.92 Å². The van der Waals surface area contributed by atoms with E-state index in [9.17, 15) is 18.4 Å².